The first kappa shape index (κ1) is 21.1. The Morgan fingerprint density at radius 3 is 2.53 bits per heavy atom. The molecular formula is C23H25N3O4. The van der Waals surface area contributed by atoms with Crippen LogP contribution in [0.4, 0.5) is 5.69 Å². The summed E-state index contributed by atoms with van der Waals surface area (Å²) in [4.78, 5) is 31.6. The molecule has 0 fully saturated rings. The average Bonchev–Trinajstić information content (AvgIpc) is 2.78. The predicted molar refractivity (Wildman–Crippen MR) is 117 cm³/mol. The fraction of sp³-hybridized carbons (Fsp3) is 0.261. The number of aryl methyl sites for hydroxylation is 1. The molecule has 0 radical (unpaired) electrons. The van der Waals surface area contributed by atoms with Gasteiger partial charge in [0.25, 0.3) is 5.56 Å². The zero-order chi connectivity index (χ0) is 21.5. The highest BCUT2D eigenvalue weighted by molar-refractivity contribution is 5.93. The lowest BCUT2D eigenvalue weighted by molar-refractivity contribution is -0.118. The van der Waals surface area contributed by atoms with E-state index in [-0.39, 0.29) is 11.5 Å². The Hall–Kier alpha value is -3.61. The van der Waals surface area contributed by atoms with E-state index in [9.17, 15) is 9.59 Å². The van der Waals surface area contributed by atoms with Crippen molar-refractivity contribution in [3.8, 4) is 11.5 Å². The normalized spacial score (nSPS) is 10.6. The van der Waals surface area contributed by atoms with E-state index in [0.717, 1.165) is 5.69 Å². The second kappa shape index (κ2) is 9.73. The van der Waals surface area contributed by atoms with E-state index >= 15 is 0 Å². The second-order valence-electron chi connectivity index (χ2n) is 6.70. The van der Waals surface area contributed by atoms with Crippen LogP contribution >= 0.6 is 0 Å². The fourth-order valence-corrected chi connectivity index (χ4v) is 3.27. The number of benzene rings is 2. The largest absolute Gasteiger partial charge is 0.493 e. The summed E-state index contributed by atoms with van der Waals surface area (Å²) >= 11 is 0. The lowest BCUT2D eigenvalue weighted by atomic mass is 10.2. The minimum atomic E-state index is -0.181. The zero-order valence-corrected chi connectivity index (χ0v) is 17.2. The van der Waals surface area contributed by atoms with Crippen LogP contribution in [-0.2, 0) is 11.3 Å². The second-order valence-corrected chi connectivity index (χ2v) is 6.70. The number of methoxy groups -OCH3 is 2. The van der Waals surface area contributed by atoms with Crippen molar-refractivity contribution in [2.24, 2.45) is 0 Å². The monoisotopic (exact) mass is 407 g/mol. The van der Waals surface area contributed by atoms with Crippen molar-refractivity contribution >= 4 is 22.5 Å². The molecule has 30 heavy (non-hydrogen) atoms. The Balaban J connectivity index is 1.73. The molecule has 0 unspecified atom stereocenters. The van der Waals surface area contributed by atoms with E-state index in [1.54, 1.807) is 23.1 Å². The molecule has 0 aliphatic rings. The topological polar surface area (TPSA) is 73.7 Å². The van der Waals surface area contributed by atoms with Crippen LogP contribution in [0.2, 0.25) is 0 Å². The van der Waals surface area contributed by atoms with Crippen LogP contribution in [-0.4, -0.2) is 36.2 Å². The zero-order valence-electron chi connectivity index (χ0n) is 17.2. The maximum atomic E-state index is 12.8. The van der Waals surface area contributed by atoms with Gasteiger partial charge in [-0.2, -0.15) is 0 Å². The molecular weight excluding hydrogens is 382 g/mol. The number of aromatic nitrogens is 2. The summed E-state index contributed by atoms with van der Waals surface area (Å²) in [6, 6.07) is 12.8. The first-order chi connectivity index (χ1) is 14.6. The number of para-hydroxylation sites is 1. The molecule has 1 heterocycles. The van der Waals surface area contributed by atoms with Crippen molar-refractivity contribution in [3.63, 3.8) is 0 Å². The van der Waals surface area contributed by atoms with Crippen LogP contribution in [0.1, 0.15) is 12.8 Å². The molecule has 0 atom stereocenters. The van der Waals surface area contributed by atoms with Crippen molar-refractivity contribution < 1.29 is 14.3 Å². The first-order valence-corrected chi connectivity index (χ1v) is 9.66. The maximum absolute atomic E-state index is 12.8. The molecule has 7 heteroatoms. The summed E-state index contributed by atoms with van der Waals surface area (Å²) < 4.78 is 12.1. The van der Waals surface area contributed by atoms with Crippen LogP contribution in [0.5, 0.6) is 11.5 Å². The van der Waals surface area contributed by atoms with E-state index in [1.165, 1.54) is 25.1 Å². The number of hydrogen-bond donors (Lipinski definition) is 0. The molecule has 0 aliphatic heterocycles. The highest BCUT2D eigenvalue weighted by Crippen LogP contribution is 2.29. The SMILES string of the molecule is C=CCN(C(=O)CCCn1cnc2cc(OC)c(OC)cc2c1=O)c1ccccc1. The highest BCUT2D eigenvalue weighted by Gasteiger charge is 2.15. The third-order valence-corrected chi connectivity index (χ3v) is 4.80. The van der Waals surface area contributed by atoms with Gasteiger partial charge in [0.05, 0.1) is 31.4 Å². The van der Waals surface area contributed by atoms with Gasteiger partial charge in [0.1, 0.15) is 0 Å². The van der Waals surface area contributed by atoms with E-state index in [2.05, 4.69) is 11.6 Å². The molecule has 1 amide bonds. The number of ether oxygens (including phenoxy) is 2. The third kappa shape index (κ3) is 4.51. The highest BCUT2D eigenvalue weighted by atomic mass is 16.5. The molecule has 0 saturated heterocycles. The van der Waals surface area contributed by atoms with Gasteiger partial charge in [0.15, 0.2) is 11.5 Å². The first-order valence-electron chi connectivity index (χ1n) is 9.66. The van der Waals surface area contributed by atoms with Crippen LogP contribution in [0.3, 0.4) is 0 Å². The van der Waals surface area contributed by atoms with Crippen molar-refractivity contribution in [1.82, 2.24) is 9.55 Å². The average molecular weight is 407 g/mol. The Kier molecular flexibility index (Phi) is 6.85. The Morgan fingerprint density at radius 1 is 1.17 bits per heavy atom. The molecule has 0 spiro atoms. The number of carbonyl (C=O) groups excluding carboxylic acids is 1. The molecule has 1 aromatic heterocycles. The standard InChI is InChI=1S/C23H25N3O4/c1-4-12-26(17-9-6-5-7-10-17)22(27)11-8-13-25-16-24-19-15-21(30-3)20(29-2)14-18(19)23(25)28/h4-7,9-10,14-16H,1,8,11-13H2,2-3H3. The maximum Gasteiger partial charge on any atom is 0.261 e. The predicted octanol–water partition coefficient (Wildman–Crippen LogP) is 3.41. The lowest BCUT2D eigenvalue weighted by Crippen LogP contribution is -2.31. The number of anilines is 1. The van der Waals surface area contributed by atoms with Crippen molar-refractivity contribution in [2.75, 3.05) is 25.7 Å². The van der Waals surface area contributed by atoms with Crippen LogP contribution in [0, 0.1) is 0 Å². The lowest BCUT2D eigenvalue weighted by Gasteiger charge is -2.21. The van der Waals surface area contributed by atoms with Crippen LogP contribution in [0.25, 0.3) is 10.9 Å². The fourth-order valence-electron chi connectivity index (χ4n) is 3.27. The van der Waals surface area contributed by atoms with Gasteiger partial charge in [-0.1, -0.05) is 24.3 Å². The number of fused-ring (bicyclic) bond motifs is 1. The van der Waals surface area contributed by atoms with E-state index < -0.39 is 0 Å². The molecule has 0 saturated carbocycles. The van der Waals surface area contributed by atoms with Crippen LogP contribution in [0.15, 0.2) is 66.2 Å². The van der Waals surface area contributed by atoms with Gasteiger partial charge < -0.3 is 14.4 Å². The minimum absolute atomic E-state index is 0.0192. The van der Waals surface area contributed by atoms with Crippen molar-refractivity contribution in [3.05, 3.63) is 71.8 Å². The molecule has 0 bridgehead atoms. The van der Waals surface area contributed by atoms with Gasteiger partial charge in [-0.05, 0) is 24.6 Å². The van der Waals surface area contributed by atoms with Gasteiger partial charge in [0, 0.05) is 31.3 Å². The molecule has 0 N–H and O–H groups in total. The molecule has 156 valence electrons. The van der Waals surface area contributed by atoms with Gasteiger partial charge in [-0.15, -0.1) is 6.58 Å². The number of carbonyl (C=O) groups is 1. The van der Waals surface area contributed by atoms with Gasteiger partial charge >= 0.3 is 0 Å². The Bertz CT molecular complexity index is 1090. The van der Waals surface area contributed by atoms with Gasteiger partial charge in [0.2, 0.25) is 5.91 Å². The van der Waals surface area contributed by atoms with Gasteiger partial charge in [-0.25, -0.2) is 4.98 Å². The van der Waals surface area contributed by atoms with E-state index in [1.807, 2.05) is 30.3 Å². The van der Waals surface area contributed by atoms with Crippen molar-refractivity contribution in [1.29, 1.82) is 0 Å². The molecule has 3 rings (SSSR count). The summed E-state index contributed by atoms with van der Waals surface area (Å²) in [5.41, 5.74) is 1.18. The number of amides is 1. The Morgan fingerprint density at radius 2 is 1.87 bits per heavy atom. The Labute approximate surface area is 175 Å². The molecule has 3 aromatic rings. The number of rotatable bonds is 9. The molecule has 0 aliphatic carbocycles. The van der Waals surface area contributed by atoms with Crippen molar-refractivity contribution in [2.45, 2.75) is 19.4 Å². The third-order valence-electron chi connectivity index (χ3n) is 4.80. The summed E-state index contributed by atoms with van der Waals surface area (Å²) in [6.45, 7) is 4.56. The molecule has 7 nitrogen and oxygen atoms in total. The minimum Gasteiger partial charge on any atom is -0.493 e. The van der Waals surface area contributed by atoms with Crippen LogP contribution < -0.4 is 19.9 Å². The van der Waals surface area contributed by atoms with E-state index in [0.29, 0.717) is 48.3 Å². The number of nitrogens with zero attached hydrogens (tertiary/aromatic N) is 3. The smallest absolute Gasteiger partial charge is 0.261 e. The quantitative estimate of drug-likeness (QED) is 0.508. The number of hydrogen-bond acceptors (Lipinski definition) is 5. The molecule has 2 aromatic carbocycles. The summed E-state index contributed by atoms with van der Waals surface area (Å²) in [5, 5.41) is 0.444. The summed E-state index contributed by atoms with van der Waals surface area (Å²) in [7, 11) is 3.05. The summed E-state index contributed by atoms with van der Waals surface area (Å²) in [5.74, 6) is 0.970. The van der Waals surface area contributed by atoms with E-state index in [4.69, 9.17) is 9.47 Å². The summed E-state index contributed by atoms with van der Waals surface area (Å²) in [6.07, 6.45) is 4.02. The van der Waals surface area contributed by atoms with Gasteiger partial charge in [-0.3, -0.25) is 14.2 Å².